The maximum Gasteiger partial charge on any atom is 0.242 e. The fraction of sp³-hybridized carbons (Fsp3) is 0.286. The van der Waals surface area contributed by atoms with Crippen LogP contribution in [-0.4, -0.2) is 34.1 Å². The molecule has 0 radical (unpaired) electrons. The van der Waals surface area contributed by atoms with Crippen LogP contribution in [0.15, 0.2) is 27.8 Å². The highest BCUT2D eigenvalue weighted by molar-refractivity contribution is 9.10. The molecule has 96 valence electrons. The molecule has 0 bridgehead atoms. The average Bonchev–Trinajstić information content (AvgIpc) is 2.15. The summed E-state index contributed by atoms with van der Waals surface area (Å²) in [7, 11) is -2.54. The quantitative estimate of drug-likeness (QED) is 0.777. The molecule has 1 N–H and O–H groups in total. The largest absolute Gasteiger partial charge is 0.262 e. The molecule has 10 heteroatoms. The summed E-state index contributed by atoms with van der Waals surface area (Å²) in [5.41, 5.74) is 0. The molecule has 0 aromatic carbocycles. The lowest BCUT2D eigenvalue weighted by atomic mass is 10.5. The van der Waals surface area contributed by atoms with Crippen molar-refractivity contribution in [3.8, 4) is 0 Å². The van der Waals surface area contributed by atoms with Crippen LogP contribution in [0, 0.1) is 0 Å². The Hall–Kier alpha value is -0.220. The lowest BCUT2D eigenvalue weighted by Crippen LogP contribution is -2.28. The zero-order valence-electron chi connectivity index (χ0n) is 8.30. The van der Waals surface area contributed by atoms with E-state index in [2.05, 4.69) is 25.6 Å². The van der Waals surface area contributed by atoms with Crippen LogP contribution in [0.5, 0.6) is 0 Å². The molecule has 0 aliphatic carbocycles. The number of rotatable bonds is 5. The molecule has 0 fully saturated rings. The van der Waals surface area contributed by atoms with Crippen molar-refractivity contribution in [1.29, 1.82) is 0 Å². The van der Waals surface area contributed by atoms with Crippen molar-refractivity contribution < 1.29 is 16.8 Å². The number of aromatic nitrogens is 1. The van der Waals surface area contributed by atoms with Gasteiger partial charge >= 0.3 is 0 Å². The summed E-state index contributed by atoms with van der Waals surface area (Å²) >= 11 is 3.08. The molecule has 0 spiro atoms. The van der Waals surface area contributed by atoms with E-state index < -0.39 is 24.8 Å². The van der Waals surface area contributed by atoms with E-state index in [1.165, 1.54) is 12.3 Å². The lowest BCUT2D eigenvalue weighted by Gasteiger charge is -2.05. The van der Waals surface area contributed by atoms with Gasteiger partial charge in [-0.1, -0.05) is 0 Å². The molecule has 6 nitrogen and oxygen atoms in total. The van der Waals surface area contributed by atoms with E-state index >= 15 is 0 Å². The molecule has 0 aliphatic rings. The highest BCUT2D eigenvalue weighted by Crippen LogP contribution is 2.13. The Morgan fingerprint density at radius 3 is 2.47 bits per heavy atom. The number of nitrogens with one attached hydrogen (secondary N) is 1. The first-order chi connectivity index (χ1) is 7.71. The van der Waals surface area contributed by atoms with Gasteiger partial charge in [-0.3, -0.25) is 4.98 Å². The smallest absolute Gasteiger partial charge is 0.242 e. The zero-order chi connectivity index (χ0) is 13.1. The number of hydrogen-bond donors (Lipinski definition) is 1. The topological polar surface area (TPSA) is 93.2 Å². The van der Waals surface area contributed by atoms with E-state index in [-0.39, 0.29) is 11.4 Å². The van der Waals surface area contributed by atoms with Gasteiger partial charge in [-0.25, -0.2) is 21.6 Å². The van der Waals surface area contributed by atoms with Crippen molar-refractivity contribution in [2.75, 3.05) is 12.3 Å². The van der Waals surface area contributed by atoms with Crippen molar-refractivity contribution in [3.63, 3.8) is 0 Å². The van der Waals surface area contributed by atoms with Crippen LogP contribution in [-0.2, 0) is 19.1 Å². The standard InChI is InChI=1S/C7H8BrClN2O4S2/c8-6-3-7(5-10-4-6)17(14,15)11-1-2-16(9,12)13/h3-5,11H,1-2H2. The first-order valence-corrected chi connectivity index (χ1v) is 8.99. The molecule has 1 heterocycles. The Morgan fingerprint density at radius 2 is 1.94 bits per heavy atom. The molecular formula is C7H8BrClN2O4S2. The Morgan fingerprint density at radius 1 is 1.29 bits per heavy atom. The predicted octanol–water partition coefficient (Wildman–Crippen LogP) is 0.691. The third-order valence-corrected chi connectivity index (χ3v) is 4.64. The van der Waals surface area contributed by atoms with Gasteiger partial charge < -0.3 is 0 Å². The van der Waals surface area contributed by atoms with Gasteiger partial charge in [-0.05, 0) is 22.0 Å². The van der Waals surface area contributed by atoms with Gasteiger partial charge in [0, 0.05) is 34.1 Å². The van der Waals surface area contributed by atoms with Crippen LogP contribution < -0.4 is 4.72 Å². The second kappa shape index (κ2) is 5.61. The molecule has 0 atom stereocenters. The van der Waals surface area contributed by atoms with Crippen molar-refractivity contribution >= 4 is 45.7 Å². The van der Waals surface area contributed by atoms with Crippen molar-refractivity contribution in [1.82, 2.24) is 9.71 Å². The van der Waals surface area contributed by atoms with Crippen molar-refractivity contribution in [2.24, 2.45) is 0 Å². The summed E-state index contributed by atoms with van der Waals surface area (Å²) in [4.78, 5) is 3.64. The van der Waals surface area contributed by atoms with Gasteiger partial charge in [-0.15, -0.1) is 0 Å². The molecule has 1 rings (SSSR count). The van der Waals surface area contributed by atoms with Crippen LogP contribution in [0.1, 0.15) is 0 Å². The Labute approximate surface area is 112 Å². The Bertz CT molecular complexity index is 602. The van der Waals surface area contributed by atoms with E-state index in [0.29, 0.717) is 4.47 Å². The third-order valence-electron chi connectivity index (χ3n) is 1.63. The normalized spacial score (nSPS) is 12.6. The minimum atomic E-state index is -3.77. The molecule has 0 aliphatic heterocycles. The lowest BCUT2D eigenvalue weighted by molar-refractivity contribution is 0.582. The van der Waals surface area contributed by atoms with Crippen LogP contribution in [0.2, 0.25) is 0 Å². The van der Waals surface area contributed by atoms with E-state index in [1.54, 1.807) is 0 Å². The summed E-state index contributed by atoms with van der Waals surface area (Å²) in [6, 6.07) is 1.35. The molecular weight excluding hydrogens is 356 g/mol. The molecule has 1 aromatic rings. The Kier molecular flexibility index (Phi) is 4.90. The summed E-state index contributed by atoms with van der Waals surface area (Å²) in [6.07, 6.45) is 2.59. The number of halogens is 2. The van der Waals surface area contributed by atoms with Crippen molar-refractivity contribution in [3.05, 3.63) is 22.9 Å². The maximum absolute atomic E-state index is 11.7. The predicted molar refractivity (Wildman–Crippen MR) is 66.8 cm³/mol. The van der Waals surface area contributed by atoms with Crippen LogP contribution in [0.4, 0.5) is 0 Å². The van der Waals surface area contributed by atoms with Gasteiger partial charge in [0.1, 0.15) is 4.90 Å². The molecule has 0 amide bonds. The van der Waals surface area contributed by atoms with Gasteiger partial charge in [0.2, 0.25) is 19.1 Å². The highest BCUT2D eigenvalue weighted by atomic mass is 79.9. The highest BCUT2D eigenvalue weighted by Gasteiger charge is 2.15. The number of hydrogen-bond acceptors (Lipinski definition) is 5. The summed E-state index contributed by atoms with van der Waals surface area (Å²) < 4.78 is 47.2. The minimum Gasteiger partial charge on any atom is -0.262 e. The second-order valence-electron chi connectivity index (χ2n) is 2.98. The third kappa shape index (κ3) is 5.30. The van der Waals surface area contributed by atoms with E-state index in [4.69, 9.17) is 10.7 Å². The molecule has 0 unspecified atom stereocenters. The number of pyridine rings is 1. The van der Waals surface area contributed by atoms with Crippen LogP contribution >= 0.6 is 26.6 Å². The molecule has 0 saturated carbocycles. The maximum atomic E-state index is 11.7. The second-order valence-corrected chi connectivity index (χ2v) is 8.56. The van der Waals surface area contributed by atoms with Gasteiger partial charge in [-0.2, -0.15) is 0 Å². The van der Waals surface area contributed by atoms with E-state index in [1.807, 2.05) is 0 Å². The first-order valence-electron chi connectivity index (χ1n) is 4.23. The summed E-state index contributed by atoms with van der Waals surface area (Å²) in [5, 5.41) is 0. The van der Waals surface area contributed by atoms with E-state index in [9.17, 15) is 16.8 Å². The SMILES string of the molecule is O=S(=O)(Cl)CCNS(=O)(=O)c1cncc(Br)c1. The molecule has 0 saturated heterocycles. The Balaban J connectivity index is 2.77. The first kappa shape index (κ1) is 14.8. The fourth-order valence-corrected chi connectivity index (χ4v) is 3.16. The van der Waals surface area contributed by atoms with Crippen LogP contribution in [0.25, 0.3) is 0 Å². The van der Waals surface area contributed by atoms with Crippen LogP contribution in [0.3, 0.4) is 0 Å². The fourth-order valence-electron chi connectivity index (χ4n) is 0.921. The van der Waals surface area contributed by atoms with Gasteiger partial charge in [0.25, 0.3) is 0 Å². The summed E-state index contributed by atoms with van der Waals surface area (Å²) in [5.74, 6) is -0.477. The van der Waals surface area contributed by atoms with E-state index in [0.717, 1.165) is 6.20 Å². The number of sulfonamides is 1. The molecule has 1 aromatic heterocycles. The van der Waals surface area contributed by atoms with Gasteiger partial charge in [0.15, 0.2) is 0 Å². The average molecular weight is 364 g/mol. The summed E-state index contributed by atoms with van der Waals surface area (Å²) in [6.45, 7) is -0.291. The van der Waals surface area contributed by atoms with Crippen molar-refractivity contribution in [2.45, 2.75) is 4.90 Å². The minimum absolute atomic E-state index is 0.0566. The monoisotopic (exact) mass is 362 g/mol. The molecule has 17 heavy (non-hydrogen) atoms. The zero-order valence-corrected chi connectivity index (χ0v) is 12.3. The van der Waals surface area contributed by atoms with Gasteiger partial charge in [0.05, 0.1) is 5.75 Å². The number of nitrogens with zero attached hydrogens (tertiary/aromatic N) is 1.